The second-order valence-corrected chi connectivity index (χ2v) is 14.6. The third-order valence-corrected chi connectivity index (χ3v) is 11.9. The molecule has 37 heavy (non-hydrogen) atoms. The summed E-state index contributed by atoms with van der Waals surface area (Å²) in [5.41, 5.74) is -1.06. The minimum absolute atomic E-state index is 0. The van der Waals surface area contributed by atoms with Gasteiger partial charge in [0.25, 0.3) is 8.32 Å². The Bertz CT molecular complexity index is 995. The Morgan fingerprint density at radius 1 is 0.946 bits per heavy atom. The number of ether oxygens (including phenoxy) is 3. The molecule has 0 aromatic heterocycles. The summed E-state index contributed by atoms with van der Waals surface area (Å²) in [6.07, 6.45) is -2.43. The summed E-state index contributed by atoms with van der Waals surface area (Å²) < 4.78 is 30.0. The van der Waals surface area contributed by atoms with Crippen LogP contribution in [0.15, 0.2) is 60.7 Å². The van der Waals surface area contributed by atoms with Crippen LogP contribution in [0.5, 0.6) is 0 Å². The molecule has 4 atom stereocenters. The summed E-state index contributed by atoms with van der Waals surface area (Å²) in [6, 6.07) is 20.5. The van der Waals surface area contributed by atoms with Gasteiger partial charge in [-0.2, -0.15) is 0 Å². The van der Waals surface area contributed by atoms with Gasteiger partial charge in [-0.05, 0) is 21.8 Å². The summed E-state index contributed by atoms with van der Waals surface area (Å²) in [6.45, 7) is 11.2. The Morgan fingerprint density at radius 3 is 1.81 bits per heavy atom. The van der Waals surface area contributed by atoms with Crippen LogP contribution in [0.25, 0.3) is 0 Å². The number of hydrogen-bond acceptors (Lipinski definition) is 7. The van der Waals surface area contributed by atoms with Crippen LogP contribution in [0.4, 0.5) is 0 Å². The molecule has 3 rings (SSSR count). The number of carbonyl (C=O) groups excluding carboxylic acids is 2. The number of benzene rings is 2. The van der Waals surface area contributed by atoms with Gasteiger partial charge in [0.1, 0.15) is 5.60 Å². The van der Waals surface area contributed by atoms with Crippen molar-refractivity contribution in [1.82, 2.24) is 0 Å². The summed E-state index contributed by atoms with van der Waals surface area (Å²) >= 11 is 0. The van der Waals surface area contributed by atoms with Crippen LogP contribution in [-0.4, -0.2) is 51.0 Å². The van der Waals surface area contributed by atoms with Gasteiger partial charge in [0.2, 0.25) is 6.29 Å². The second-order valence-electron chi connectivity index (χ2n) is 10.1. The van der Waals surface area contributed by atoms with Gasteiger partial charge in [0.05, 0.1) is 12.7 Å². The van der Waals surface area contributed by atoms with E-state index in [2.05, 4.69) is 54.5 Å². The molecule has 1 saturated heterocycles. The molecule has 2 aromatic rings. The predicted molar refractivity (Wildman–Crippen MR) is 142 cm³/mol. The van der Waals surface area contributed by atoms with Crippen LogP contribution < -0.4 is 39.9 Å². The van der Waals surface area contributed by atoms with Crippen LogP contribution in [-0.2, 0) is 32.7 Å². The van der Waals surface area contributed by atoms with E-state index in [-0.39, 0.29) is 41.2 Å². The van der Waals surface area contributed by atoms with E-state index in [4.69, 9.17) is 23.2 Å². The first kappa shape index (κ1) is 32.1. The van der Waals surface area contributed by atoms with Crippen molar-refractivity contribution in [2.24, 2.45) is 0 Å². The Labute approximate surface area is 245 Å². The van der Waals surface area contributed by atoms with E-state index in [1.165, 1.54) is 13.8 Å². The van der Waals surface area contributed by atoms with E-state index in [9.17, 15) is 9.59 Å². The fraction of sp³-hybridized carbons (Fsp3) is 0.481. The van der Waals surface area contributed by atoms with Gasteiger partial charge in [0.15, 0.2) is 6.10 Å². The first-order chi connectivity index (χ1) is 17.0. The number of carbonyl (C=O) groups is 2. The number of rotatable bonds is 9. The van der Waals surface area contributed by atoms with Gasteiger partial charge in [-0.1, -0.05) is 88.4 Å². The molecule has 10 heteroatoms. The van der Waals surface area contributed by atoms with Crippen LogP contribution in [0.1, 0.15) is 48.0 Å². The summed E-state index contributed by atoms with van der Waals surface area (Å²) in [5, 5.41) is 1.99. The fourth-order valence-electron chi connectivity index (χ4n) is 5.04. The molecule has 1 aliphatic rings. The van der Waals surface area contributed by atoms with E-state index >= 15 is 0 Å². The van der Waals surface area contributed by atoms with E-state index < -0.39 is 44.4 Å². The number of hydrogen-bond donors (Lipinski definition) is 0. The topological polar surface area (TPSA) is 80.3 Å². The Kier molecular flexibility index (Phi) is 11.6. The Hall–Kier alpha value is -1.09. The van der Waals surface area contributed by atoms with Crippen LogP contribution in [0.3, 0.4) is 0 Å². The molecule has 0 radical (unpaired) electrons. The van der Waals surface area contributed by atoms with E-state index in [0.717, 1.165) is 10.4 Å². The molecule has 1 heterocycles. The maximum Gasteiger partial charge on any atom is 1.00 e. The molecular formula is C27H36NaO7PSi. The zero-order valence-electron chi connectivity index (χ0n) is 22.8. The van der Waals surface area contributed by atoms with Gasteiger partial charge in [-0.15, -0.1) is 0 Å². The minimum Gasteiger partial charge on any atom is -0.554 e. The van der Waals surface area contributed by atoms with Crippen molar-refractivity contribution in [3.8, 4) is 0 Å². The monoisotopic (exact) mass is 554 g/mol. The van der Waals surface area contributed by atoms with Crippen molar-refractivity contribution in [3.63, 3.8) is 0 Å². The van der Waals surface area contributed by atoms with E-state index in [1.807, 2.05) is 43.3 Å². The van der Waals surface area contributed by atoms with Crippen LogP contribution in [0, 0.1) is 0 Å². The first-order valence-corrected chi connectivity index (χ1v) is 14.4. The zero-order chi connectivity index (χ0) is 26.6. The normalized spacial score (nSPS) is 23.7. The summed E-state index contributed by atoms with van der Waals surface area (Å²) in [5.74, 6) is -1.08. The number of esters is 2. The molecule has 1 aliphatic heterocycles. The maximum absolute atomic E-state index is 11.9. The van der Waals surface area contributed by atoms with E-state index in [1.54, 1.807) is 0 Å². The third kappa shape index (κ3) is 6.74. The van der Waals surface area contributed by atoms with Crippen molar-refractivity contribution in [2.75, 3.05) is 6.61 Å². The molecular weight excluding hydrogens is 518 g/mol. The quantitative estimate of drug-likeness (QED) is 0.260. The standard InChI is InChI=1S/C27H36O7PSi.Na/c1-7-27(24(34-35)23(31-19(2)28)25(33-27)32-20(3)29)18-30-36(26(4,5)6,21-14-10-8-11-15-21)22-16-12-9-13-17-22;/h8-17,23-25,35H,7,18H2,1-6H3;/q-1;+1/t23-,24+,25?,27+;/m1./s1. The van der Waals surface area contributed by atoms with Crippen molar-refractivity contribution in [1.29, 1.82) is 0 Å². The minimum atomic E-state index is -2.90. The fourth-order valence-corrected chi connectivity index (χ4v) is 10.0. The molecule has 0 N–H and O–H groups in total. The summed E-state index contributed by atoms with van der Waals surface area (Å²) in [7, 11) is 0.271. The first-order valence-electron chi connectivity index (χ1n) is 12.1. The molecule has 1 fully saturated rings. The maximum atomic E-state index is 11.9. The molecule has 196 valence electrons. The van der Waals surface area contributed by atoms with Crippen LogP contribution in [0.2, 0.25) is 5.04 Å². The Morgan fingerprint density at radius 2 is 1.43 bits per heavy atom. The van der Waals surface area contributed by atoms with Crippen LogP contribution >= 0.6 is 9.47 Å². The molecule has 7 nitrogen and oxygen atoms in total. The largest absolute Gasteiger partial charge is 1.00 e. The van der Waals surface area contributed by atoms with Crippen molar-refractivity contribution in [2.45, 2.75) is 77.1 Å². The molecule has 0 aliphatic carbocycles. The second kappa shape index (κ2) is 13.3. The average Bonchev–Trinajstić information content (AvgIpc) is 3.11. The molecule has 0 amide bonds. The SMILES string of the molecule is CC[C@@]1(CO[Si](c2ccccc2)(c2ccccc2)C(C)(C)C)OC(OC(C)=O)[C@H](OC(C)=O)[C@@H]1O[PH-].[Na+]. The van der Waals surface area contributed by atoms with Crippen molar-refractivity contribution in [3.05, 3.63) is 60.7 Å². The molecule has 2 aromatic carbocycles. The van der Waals surface area contributed by atoms with Gasteiger partial charge in [-0.25, -0.2) is 0 Å². The molecule has 0 saturated carbocycles. The van der Waals surface area contributed by atoms with Crippen molar-refractivity contribution >= 4 is 40.1 Å². The zero-order valence-corrected chi connectivity index (χ0v) is 26.8. The van der Waals surface area contributed by atoms with Gasteiger partial charge < -0.3 is 32.6 Å². The Balaban J connectivity index is 0.00000481. The predicted octanol–water partition coefficient (Wildman–Crippen LogP) is 1.01. The van der Waals surface area contributed by atoms with E-state index in [0.29, 0.717) is 6.42 Å². The summed E-state index contributed by atoms with van der Waals surface area (Å²) in [4.78, 5) is 23.7. The third-order valence-electron chi connectivity index (χ3n) is 6.70. The van der Waals surface area contributed by atoms with Crippen molar-refractivity contribution < 1.29 is 62.3 Å². The molecule has 0 bridgehead atoms. The van der Waals surface area contributed by atoms with Gasteiger partial charge in [-0.3, -0.25) is 9.59 Å². The van der Waals surface area contributed by atoms with Gasteiger partial charge in [0, 0.05) is 13.8 Å². The molecule has 0 spiro atoms. The van der Waals surface area contributed by atoms with Gasteiger partial charge >= 0.3 is 41.5 Å². The molecule has 1 unspecified atom stereocenters. The smallest absolute Gasteiger partial charge is 0.554 e. The average molecular weight is 555 g/mol.